The highest BCUT2D eigenvalue weighted by Crippen LogP contribution is 2.20. The number of nitrogens with zero attached hydrogens (tertiary/aromatic N) is 1. The number of likely N-dealkylation sites (N-methyl/N-ethyl adjacent to an activating group) is 1. The summed E-state index contributed by atoms with van der Waals surface area (Å²) in [6.45, 7) is 2.06. The van der Waals surface area contributed by atoms with Gasteiger partial charge in [-0.3, -0.25) is 4.79 Å². The van der Waals surface area contributed by atoms with Gasteiger partial charge in [-0.1, -0.05) is 72.8 Å². The molecule has 3 rings (SSSR count). The minimum atomic E-state index is 0.0733. The number of carbonyl (C=O) groups is 1. The first-order valence-corrected chi connectivity index (χ1v) is 7.93. The molecule has 0 radical (unpaired) electrons. The van der Waals surface area contributed by atoms with Gasteiger partial charge in [-0.15, -0.1) is 0 Å². The molecule has 1 atom stereocenters. The van der Waals surface area contributed by atoms with Crippen molar-refractivity contribution in [3.05, 3.63) is 83.9 Å². The van der Waals surface area contributed by atoms with Gasteiger partial charge in [-0.25, -0.2) is 0 Å². The molecule has 0 saturated heterocycles. The molecule has 2 nitrogen and oxygen atoms in total. The van der Waals surface area contributed by atoms with E-state index in [9.17, 15) is 4.79 Å². The zero-order valence-corrected chi connectivity index (χ0v) is 13.6. The molecule has 0 fully saturated rings. The van der Waals surface area contributed by atoms with Crippen LogP contribution < -0.4 is 0 Å². The molecule has 0 spiro atoms. The van der Waals surface area contributed by atoms with Gasteiger partial charge < -0.3 is 4.90 Å². The second-order valence-electron chi connectivity index (χ2n) is 5.95. The first-order valence-electron chi connectivity index (χ1n) is 7.93. The standard InChI is InChI=1S/C21H21NO/c1-16(18-8-4-3-5-9-18)22(2)21(23)15-17-12-13-19-10-6-7-11-20(19)14-17/h3-14,16H,15H2,1-2H3/t16-/m0/s1. The molecular weight excluding hydrogens is 282 g/mol. The van der Waals surface area contributed by atoms with E-state index in [-0.39, 0.29) is 11.9 Å². The molecule has 0 saturated carbocycles. The highest BCUT2D eigenvalue weighted by Gasteiger charge is 2.17. The number of carbonyl (C=O) groups excluding carboxylic acids is 1. The highest BCUT2D eigenvalue weighted by molar-refractivity contribution is 5.85. The van der Waals surface area contributed by atoms with Gasteiger partial charge in [0.1, 0.15) is 0 Å². The molecule has 2 heteroatoms. The fourth-order valence-electron chi connectivity index (χ4n) is 2.82. The van der Waals surface area contributed by atoms with Crippen molar-refractivity contribution in [2.24, 2.45) is 0 Å². The molecule has 0 aliphatic rings. The van der Waals surface area contributed by atoms with Crippen LogP contribution in [0, 0.1) is 0 Å². The summed E-state index contributed by atoms with van der Waals surface area (Å²) in [6.07, 6.45) is 0.429. The predicted octanol–water partition coefficient (Wildman–Crippen LogP) is 4.60. The van der Waals surface area contributed by atoms with Crippen LogP contribution in [0.25, 0.3) is 10.8 Å². The van der Waals surface area contributed by atoms with E-state index in [1.807, 2.05) is 48.3 Å². The second kappa shape index (κ2) is 6.66. The first kappa shape index (κ1) is 15.3. The lowest BCUT2D eigenvalue weighted by molar-refractivity contribution is -0.131. The van der Waals surface area contributed by atoms with Crippen molar-refractivity contribution in [2.75, 3.05) is 7.05 Å². The Bertz CT molecular complexity index is 810. The van der Waals surface area contributed by atoms with Gasteiger partial charge in [0.15, 0.2) is 0 Å². The molecule has 3 aromatic carbocycles. The summed E-state index contributed by atoms with van der Waals surface area (Å²) in [5.41, 5.74) is 2.21. The van der Waals surface area contributed by atoms with Crippen molar-refractivity contribution >= 4 is 16.7 Å². The molecular formula is C21H21NO. The Balaban J connectivity index is 1.74. The molecule has 0 N–H and O–H groups in total. The number of hydrogen-bond acceptors (Lipinski definition) is 1. The van der Waals surface area contributed by atoms with E-state index in [1.54, 1.807) is 0 Å². The van der Waals surface area contributed by atoms with Gasteiger partial charge in [0.05, 0.1) is 12.5 Å². The van der Waals surface area contributed by atoms with Crippen LogP contribution in [0.15, 0.2) is 72.8 Å². The van der Waals surface area contributed by atoms with Gasteiger partial charge in [0.2, 0.25) is 5.91 Å². The predicted molar refractivity (Wildman–Crippen MR) is 95.3 cm³/mol. The van der Waals surface area contributed by atoms with Crippen molar-refractivity contribution in [3.8, 4) is 0 Å². The minimum Gasteiger partial charge on any atom is -0.339 e. The number of hydrogen-bond donors (Lipinski definition) is 0. The molecule has 3 aromatic rings. The van der Waals surface area contributed by atoms with E-state index in [2.05, 4.69) is 43.3 Å². The fraction of sp³-hybridized carbons (Fsp3) is 0.190. The van der Waals surface area contributed by atoms with E-state index in [1.165, 1.54) is 10.8 Å². The van der Waals surface area contributed by atoms with E-state index in [4.69, 9.17) is 0 Å². The zero-order chi connectivity index (χ0) is 16.2. The molecule has 0 aliphatic heterocycles. The van der Waals surface area contributed by atoms with Gasteiger partial charge in [-0.05, 0) is 28.8 Å². The van der Waals surface area contributed by atoms with Gasteiger partial charge in [-0.2, -0.15) is 0 Å². The topological polar surface area (TPSA) is 20.3 Å². The Morgan fingerprint density at radius 3 is 2.30 bits per heavy atom. The molecule has 0 heterocycles. The lowest BCUT2D eigenvalue weighted by atomic mass is 10.0. The van der Waals surface area contributed by atoms with Crippen LogP contribution in [-0.2, 0) is 11.2 Å². The Hall–Kier alpha value is -2.61. The van der Waals surface area contributed by atoms with Crippen LogP contribution in [-0.4, -0.2) is 17.9 Å². The summed E-state index contributed by atoms with van der Waals surface area (Å²) in [7, 11) is 1.88. The Morgan fingerprint density at radius 2 is 1.57 bits per heavy atom. The molecule has 23 heavy (non-hydrogen) atoms. The number of rotatable bonds is 4. The molecule has 116 valence electrons. The average Bonchev–Trinajstić information content (AvgIpc) is 2.61. The summed E-state index contributed by atoms with van der Waals surface area (Å²) in [6, 6.07) is 24.7. The van der Waals surface area contributed by atoms with Crippen LogP contribution >= 0.6 is 0 Å². The number of benzene rings is 3. The lowest BCUT2D eigenvalue weighted by Gasteiger charge is -2.25. The van der Waals surface area contributed by atoms with E-state index >= 15 is 0 Å². The van der Waals surface area contributed by atoms with E-state index in [0.29, 0.717) is 6.42 Å². The third-order valence-corrected chi connectivity index (χ3v) is 4.43. The maximum Gasteiger partial charge on any atom is 0.227 e. The average molecular weight is 303 g/mol. The summed E-state index contributed by atoms with van der Waals surface area (Å²) in [4.78, 5) is 14.4. The molecule has 1 amide bonds. The zero-order valence-electron chi connectivity index (χ0n) is 13.6. The summed E-state index contributed by atoms with van der Waals surface area (Å²) in [5.74, 6) is 0.136. The van der Waals surface area contributed by atoms with Crippen molar-refractivity contribution in [1.82, 2.24) is 4.90 Å². The highest BCUT2D eigenvalue weighted by atomic mass is 16.2. The van der Waals surface area contributed by atoms with Crippen LogP contribution in [0.4, 0.5) is 0 Å². The third kappa shape index (κ3) is 3.42. The van der Waals surface area contributed by atoms with Crippen molar-refractivity contribution in [3.63, 3.8) is 0 Å². The van der Waals surface area contributed by atoms with Gasteiger partial charge >= 0.3 is 0 Å². The summed E-state index contributed by atoms with van der Waals surface area (Å²) < 4.78 is 0. The molecule has 0 bridgehead atoms. The maximum atomic E-state index is 12.6. The van der Waals surface area contributed by atoms with Crippen molar-refractivity contribution in [2.45, 2.75) is 19.4 Å². The van der Waals surface area contributed by atoms with Crippen molar-refractivity contribution in [1.29, 1.82) is 0 Å². The quantitative estimate of drug-likeness (QED) is 0.689. The number of amides is 1. The SMILES string of the molecule is C[C@@H](c1ccccc1)N(C)C(=O)Cc1ccc2ccccc2c1. The van der Waals surface area contributed by atoms with Crippen LogP contribution in [0.1, 0.15) is 24.1 Å². The summed E-state index contributed by atoms with van der Waals surface area (Å²) in [5, 5.41) is 2.38. The van der Waals surface area contributed by atoms with Crippen LogP contribution in [0.3, 0.4) is 0 Å². The molecule has 0 aliphatic carbocycles. The van der Waals surface area contributed by atoms with E-state index < -0.39 is 0 Å². The molecule has 0 aromatic heterocycles. The lowest BCUT2D eigenvalue weighted by Crippen LogP contribution is -2.30. The van der Waals surface area contributed by atoms with Crippen LogP contribution in [0.5, 0.6) is 0 Å². The second-order valence-corrected chi connectivity index (χ2v) is 5.95. The van der Waals surface area contributed by atoms with Crippen LogP contribution in [0.2, 0.25) is 0 Å². The smallest absolute Gasteiger partial charge is 0.227 e. The van der Waals surface area contributed by atoms with E-state index in [0.717, 1.165) is 11.1 Å². The minimum absolute atomic E-state index is 0.0733. The molecule has 0 unspecified atom stereocenters. The fourth-order valence-corrected chi connectivity index (χ4v) is 2.82. The maximum absolute atomic E-state index is 12.6. The number of fused-ring (bicyclic) bond motifs is 1. The van der Waals surface area contributed by atoms with Gasteiger partial charge in [0.25, 0.3) is 0 Å². The summed E-state index contributed by atoms with van der Waals surface area (Å²) >= 11 is 0. The Labute approximate surface area is 137 Å². The Kier molecular flexibility index (Phi) is 4.42. The third-order valence-electron chi connectivity index (χ3n) is 4.43. The largest absolute Gasteiger partial charge is 0.339 e. The van der Waals surface area contributed by atoms with Crippen molar-refractivity contribution < 1.29 is 4.79 Å². The van der Waals surface area contributed by atoms with Gasteiger partial charge in [0, 0.05) is 7.05 Å². The first-order chi connectivity index (χ1) is 11.1. The normalized spacial score (nSPS) is 12.1. The monoisotopic (exact) mass is 303 g/mol. The Morgan fingerprint density at radius 1 is 0.913 bits per heavy atom.